The topological polar surface area (TPSA) is 71.4 Å². The second-order valence-electron chi connectivity index (χ2n) is 9.09. The molecule has 1 atom stereocenters. The lowest BCUT2D eigenvalue weighted by Gasteiger charge is -2.25. The molecule has 3 aromatic carbocycles. The molecule has 4 rings (SSSR count). The summed E-state index contributed by atoms with van der Waals surface area (Å²) in [4.78, 5) is 27.6. The molecule has 0 spiro atoms. The van der Waals surface area contributed by atoms with Gasteiger partial charge in [0.2, 0.25) is 0 Å². The van der Waals surface area contributed by atoms with Crippen molar-refractivity contribution in [1.29, 1.82) is 0 Å². The van der Waals surface area contributed by atoms with Crippen molar-refractivity contribution in [3.63, 3.8) is 0 Å². The third-order valence-electron chi connectivity index (χ3n) is 6.59. The quantitative estimate of drug-likeness (QED) is 0.459. The summed E-state index contributed by atoms with van der Waals surface area (Å²) in [6, 6.07) is 16.6. The van der Waals surface area contributed by atoms with E-state index in [4.69, 9.17) is 14.6 Å². The first kappa shape index (κ1) is 25.9. The molecule has 1 unspecified atom stereocenters. The molecule has 37 heavy (non-hydrogen) atoms. The highest BCUT2D eigenvalue weighted by atomic mass is 19.1. The van der Waals surface area contributed by atoms with Crippen LogP contribution in [0.25, 0.3) is 0 Å². The van der Waals surface area contributed by atoms with Crippen LogP contribution in [0.15, 0.2) is 65.8 Å². The molecule has 1 aliphatic heterocycles. The molecule has 0 aliphatic carbocycles. The zero-order valence-electron chi connectivity index (χ0n) is 21.6. The van der Waals surface area contributed by atoms with E-state index in [1.165, 1.54) is 40.7 Å². The highest BCUT2D eigenvalue weighted by Crippen LogP contribution is 2.37. The number of nitrogens with zero attached hydrogens (tertiary/aromatic N) is 3. The minimum absolute atomic E-state index is 0.174. The molecule has 0 radical (unpaired) electrons. The van der Waals surface area contributed by atoms with Gasteiger partial charge in [0.25, 0.3) is 11.8 Å². The van der Waals surface area contributed by atoms with Crippen LogP contribution in [0, 0.1) is 19.7 Å². The van der Waals surface area contributed by atoms with Gasteiger partial charge in [-0.25, -0.2) is 9.40 Å². The maximum absolute atomic E-state index is 13.6. The third kappa shape index (κ3) is 5.48. The number of halogens is 1. The lowest BCUT2D eigenvalue weighted by atomic mass is 9.96. The Hall–Kier alpha value is -4.20. The van der Waals surface area contributed by atoms with Crippen molar-refractivity contribution < 1.29 is 23.5 Å². The van der Waals surface area contributed by atoms with Crippen LogP contribution in [0.3, 0.4) is 0 Å². The molecule has 2 amide bonds. The van der Waals surface area contributed by atoms with Crippen LogP contribution in [-0.2, 0) is 4.79 Å². The van der Waals surface area contributed by atoms with E-state index in [1.807, 2.05) is 38.1 Å². The van der Waals surface area contributed by atoms with E-state index in [9.17, 15) is 14.0 Å². The lowest BCUT2D eigenvalue weighted by Crippen LogP contribution is -2.39. The van der Waals surface area contributed by atoms with Crippen molar-refractivity contribution in [2.75, 3.05) is 27.8 Å². The Kier molecular flexibility index (Phi) is 7.57. The van der Waals surface area contributed by atoms with Gasteiger partial charge in [-0.2, -0.15) is 5.10 Å². The summed E-state index contributed by atoms with van der Waals surface area (Å²) in [6.07, 6.45) is 0.491. The Bertz CT molecular complexity index is 1370. The van der Waals surface area contributed by atoms with Crippen molar-refractivity contribution in [1.82, 2.24) is 9.91 Å². The number of hydrogen-bond acceptors (Lipinski definition) is 5. The zero-order chi connectivity index (χ0) is 26.7. The summed E-state index contributed by atoms with van der Waals surface area (Å²) in [6.45, 7) is 3.86. The highest BCUT2D eigenvalue weighted by Gasteiger charge is 2.34. The third-order valence-corrected chi connectivity index (χ3v) is 6.59. The average molecular weight is 504 g/mol. The first-order chi connectivity index (χ1) is 17.7. The number of hydrazone groups is 1. The molecular weight excluding hydrogens is 473 g/mol. The van der Waals surface area contributed by atoms with Gasteiger partial charge in [-0.1, -0.05) is 24.3 Å². The van der Waals surface area contributed by atoms with Crippen molar-refractivity contribution in [2.45, 2.75) is 26.3 Å². The molecule has 192 valence electrons. The summed E-state index contributed by atoms with van der Waals surface area (Å²) in [5, 5.41) is 6.15. The fourth-order valence-corrected chi connectivity index (χ4v) is 4.34. The summed E-state index contributed by atoms with van der Waals surface area (Å²) in [7, 11) is 4.64. The number of ether oxygens (including phenoxy) is 2. The number of likely N-dealkylation sites (N-methyl/N-ethyl adjacent to an activating group) is 1. The molecule has 0 fully saturated rings. The highest BCUT2D eigenvalue weighted by molar-refractivity contribution is 6.04. The fraction of sp³-hybridized carbons (Fsp3) is 0.276. The van der Waals surface area contributed by atoms with Crippen LogP contribution < -0.4 is 9.47 Å². The van der Waals surface area contributed by atoms with Crippen molar-refractivity contribution in [3.8, 4) is 11.5 Å². The van der Waals surface area contributed by atoms with Gasteiger partial charge in [0.05, 0.1) is 26.0 Å². The largest absolute Gasteiger partial charge is 0.493 e. The van der Waals surface area contributed by atoms with Crippen LogP contribution >= 0.6 is 0 Å². The Morgan fingerprint density at radius 3 is 2.43 bits per heavy atom. The summed E-state index contributed by atoms with van der Waals surface area (Å²) in [5.41, 5.74) is 5.01. The summed E-state index contributed by atoms with van der Waals surface area (Å²) >= 11 is 0. The van der Waals surface area contributed by atoms with E-state index in [0.717, 1.165) is 28.5 Å². The minimum atomic E-state index is -0.513. The molecule has 1 aliphatic rings. The number of methoxy groups -OCH3 is 2. The Labute approximate surface area is 216 Å². The second kappa shape index (κ2) is 10.8. The smallest absolute Gasteiger partial charge is 0.262 e. The van der Waals surface area contributed by atoms with Crippen LogP contribution in [0.1, 0.15) is 45.1 Å². The van der Waals surface area contributed by atoms with Gasteiger partial charge in [0.15, 0.2) is 11.5 Å². The number of amides is 2. The van der Waals surface area contributed by atoms with Gasteiger partial charge in [0.1, 0.15) is 12.4 Å². The van der Waals surface area contributed by atoms with Crippen LogP contribution in [0.2, 0.25) is 0 Å². The Morgan fingerprint density at radius 2 is 1.76 bits per heavy atom. The van der Waals surface area contributed by atoms with E-state index in [0.29, 0.717) is 17.9 Å². The molecule has 0 bridgehead atoms. The number of carbonyl (C=O) groups excluding carboxylic acids is 2. The molecule has 7 nitrogen and oxygen atoms in total. The monoisotopic (exact) mass is 503 g/mol. The molecule has 0 N–H and O–H groups in total. The van der Waals surface area contributed by atoms with E-state index in [-0.39, 0.29) is 18.0 Å². The van der Waals surface area contributed by atoms with Crippen LogP contribution in [-0.4, -0.2) is 55.2 Å². The van der Waals surface area contributed by atoms with E-state index in [1.54, 1.807) is 20.3 Å². The van der Waals surface area contributed by atoms with Crippen molar-refractivity contribution >= 4 is 17.5 Å². The van der Waals surface area contributed by atoms with Crippen LogP contribution in [0.5, 0.6) is 11.5 Å². The molecule has 3 aromatic rings. The van der Waals surface area contributed by atoms with Gasteiger partial charge >= 0.3 is 0 Å². The number of hydrogen-bond donors (Lipinski definition) is 0. The van der Waals surface area contributed by atoms with Gasteiger partial charge < -0.3 is 14.4 Å². The molecule has 0 aromatic heterocycles. The van der Waals surface area contributed by atoms with Crippen molar-refractivity contribution in [3.05, 3.63) is 94.3 Å². The Morgan fingerprint density at radius 1 is 1.00 bits per heavy atom. The first-order valence-corrected chi connectivity index (χ1v) is 11.9. The average Bonchev–Trinajstić information content (AvgIpc) is 3.35. The number of rotatable bonds is 7. The molecule has 0 saturated carbocycles. The maximum Gasteiger partial charge on any atom is 0.262 e. The van der Waals surface area contributed by atoms with Gasteiger partial charge in [-0.05, 0) is 72.5 Å². The number of benzene rings is 3. The fourth-order valence-electron chi connectivity index (χ4n) is 4.34. The molecule has 8 heteroatoms. The SMILES string of the molecule is COc1ccc(C2CC(c3ccc(C)c(C)c3)=NN2C(=O)CN(C)C(=O)c2cccc(F)c2)cc1OC. The van der Waals surface area contributed by atoms with E-state index >= 15 is 0 Å². The maximum atomic E-state index is 13.6. The predicted molar refractivity (Wildman–Crippen MR) is 140 cm³/mol. The zero-order valence-corrected chi connectivity index (χ0v) is 21.6. The minimum Gasteiger partial charge on any atom is -0.493 e. The standard InChI is InChI=1S/C29H30FN3O4/c1-18-9-10-20(13-19(18)2)24-16-25(21-11-12-26(36-4)27(15-21)37-5)33(31-24)28(34)17-32(3)29(35)22-7-6-8-23(30)14-22/h6-15,25H,16-17H2,1-5H3. The Balaban J connectivity index is 1.65. The van der Waals surface area contributed by atoms with E-state index in [2.05, 4.69) is 6.07 Å². The van der Waals surface area contributed by atoms with Crippen LogP contribution in [0.4, 0.5) is 4.39 Å². The molecule has 1 heterocycles. The first-order valence-electron chi connectivity index (χ1n) is 11.9. The molecule has 0 saturated heterocycles. The van der Waals surface area contributed by atoms with Gasteiger partial charge in [0, 0.05) is 19.0 Å². The second-order valence-corrected chi connectivity index (χ2v) is 9.09. The summed E-state index contributed by atoms with van der Waals surface area (Å²) in [5.74, 6) is -0.191. The summed E-state index contributed by atoms with van der Waals surface area (Å²) < 4.78 is 24.5. The number of carbonyl (C=O) groups is 2. The lowest BCUT2D eigenvalue weighted by molar-refractivity contribution is -0.133. The number of aryl methyl sites for hydroxylation is 2. The normalized spacial score (nSPS) is 14.8. The van der Waals surface area contributed by atoms with Crippen molar-refractivity contribution in [2.24, 2.45) is 5.10 Å². The van der Waals surface area contributed by atoms with Gasteiger partial charge in [-0.15, -0.1) is 0 Å². The predicted octanol–water partition coefficient (Wildman–Crippen LogP) is 4.91. The molecular formula is C29H30FN3O4. The van der Waals surface area contributed by atoms with E-state index < -0.39 is 17.8 Å². The van der Waals surface area contributed by atoms with Gasteiger partial charge in [-0.3, -0.25) is 9.59 Å².